The molecule has 0 aromatic carbocycles. The van der Waals surface area contributed by atoms with Gasteiger partial charge in [-0.1, -0.05) is 20.8 Å². The lowest BCUT2D eigenvalue weighted by molar-refractivity contribution is 0.110. The Kier molecular flexibility index (Phi) is 5.08. The van der Waals surface area contributed by atoms with Gasteiger partial charge in [0.25, 0.3) is 0 Å². The molecule has 0 saturated heterocycles. The van der Waals surface area contributed by atoms with Gasteiger partial charge in [0.15, 0.2) is 0 Å². The summed E-state index contributed by atoms with van der Waals surface area (Å²) in [6, 6.07) is 0.746. The first-order valence-electron chi connectivity index (χ1n) is 8.02. The molecule has 0 spiro atoms. The predicted octanol–water partition coefficient (Wildman–Crippen LogP) is 2.99. The van der Waals surface area contributed by atoms with Crippen LogP contribution in [0.4, 0.5) is 0 Å². The zero-order valence-corrected chi connectivity index (χ0v) is 12.8. The van der Waals surface area contributed by atoms with Gasteiger partial charge in [-0.2, -0.15) is 0 Å². The number of hydrogen-bond donors (Lipinski definition) is 1. The van der Waals surface area contributed by atoms with E-state index in [2.05, 4.69) is 38.0 Å². The van der Waals surface area contributed by atoms with Gasteiger partial charge >= 0.3 is 0 Å². The van der Waals surface area contributed by atoms with Crippen molar-refractivity contribution in [2.45, 2.75) is 52.5 Å². The van der Waals surface area contributed by atoms with Crippen molar-refractivity contribution in [3.8, 4) is 0 Å². The van der Waals surface area contributed by atoms with Crippen molar-refractivity contribution < 1.29 is 0 Å². The minimum atomic E-state index is 0.746. The van der Waals surface area contributed by atoms with Crippen molar-refractivity contribution in [2.75, 3.05) is 26.7 Å². The van der Waals surface area contributed by atoms with Crippen LogP contribution < -0.4 is 5.32 Å². The summed E-state index contributed by atoms with van der Waals surface area (Å²) in [6.07, 6.45) is 5.74. The number of rotatable bonds is 6. The number of hydrogen-bond acceptors (Lipinski definition) is 2. The van der Waals surface area contributed by atoms with E-state index in [4.69, 9.17) is 0 Å². The second-order valence-electron chi connectivity index (χ2n) is 7.05. The Morgan fingerprint density at radius 3 is 2.44 bits per heavy atom. The molecule has 0 radical (unpaired) electrons. The summed E-state index contributed by atoms with van der Waals surface area (Å²) >= 11 is 0. The zero-order valence-electron chi connectivity index (χ0n) is 12.8. The minimum absolute atomic E-state index is 0.746. The molecular weight excluding hydrogens is 220 g/mol. The van der Waals surface area contributed by atoms with E-state index in [0.29, 0.717) is 0 Å². The fourth-order valence-electron chi connectivity index (χ4n) is 3.89. The van der Waals surface area contributed by atoms with E-state index in [9.17, 15) is 0 Å². The summed E-state index contributed by atoms with van der Waals surface area (Å²) in [7, 11) is 2.33. The van der Waals surface area contributed by atoms with Gasteiger partial charge in [-0.05, 0) is 62.9 Å². The van der Waals surface area contributed by atoms with Crippen LogP contribution >= 0.6 is 0 Å². The maximum absolute atomic E-state index is 3.74. The van der Waals surface area contributed by atoms with Crippen molar-refractivity contribution in [3.63, 3.8) is 0 Å². The van der Waals surface area contributed by atoms with E-state index in [1.807, 2.05) is 0 Å². The van der Waals surface area contributed by atoms with E-state index in [0.717, 1.165) is 36.3 Å². The molecule has 2 aliphatic rings. The third kappa shape index (κ3) is 3.96. The van der Waals surface area contributed by atoms with Crippen LogP contribution in [0.25, 0.3) is 0 Å². The minimum Gasteiger partial charge on any atom is -0.314 e. The number of nitrogens with zero attached hydrogens (tertiary/aromatic N) is 1. The van der Waals surface area contributed by atoms with Gasteiger partial charge in [0.05, 0.1) is 0 Å². The summed E-state index contributed by atoms with van der Waals surface area (Å²) in [6.45, 7) is 10.9. The Morgan fingerprint density at radius 2 is 1.83 bits per heavy atom. The normalized spacial score (nSPS) is 37.2. The molecule has 2 aliphatic carbocycles. The van der Waals surface area contributed by atoms with Crippen molar-refractivity contribution in [3.05, 3.63) is 0 Å². The SMILES string of the molecule is CCNC1CC(C)CC(C)C1CN(C)CC1CC1. The van der Waals surface area contributed by atoms with Crippen molar-refractivity contribution in [1.29, 1.82) is 0 Å². The van der Waals surface area contributed by atoms with Crippen molar-refractivity contribution >= 4 is 0 Å². The van der Waals surface area contributed by atoms with Crippen molar-refractivity contribution in [2.24, 2.45) is 23.7 Å². The molecule has 1 N–H and O–H groups in total. The molecule has 0 heterocycles. The lowest BCUT2D eigenvalue weighted by Gasteiger charge is -2.42. The molecule has 2 heteroatoms. The molecule has 2 fully saturated rings. The second-order valence-corrected chi connectivity index (χ2v) is 7.05. The Balaban J connectivity index is 1.88. The van der Waals surface area contributed by atoms with Crippen LogP contribution in [0.5, 0.6) is 0 Å². The first kappa shape index (κ1) is 14.3. The van der Waals surface area contributed by atoms with Crippen LogP contribution in [-0.2, 0) is 0 Å². The molecule has 0 aromatic rings. The van der Waals surface area contributed by atoms with E-state index in [1.54, 1.807) is 0 Å². The summed E-state index contributed by atoms with van der Waals surface area (Å²) in [5.74, 6) is 3.64. The molecule has 18 heavy (non-hydrogen) atoms. The Bertz CT molecular complexity index is 249. The Morgan fingerprint density at radius 1 is 1.11 bits per heavy atom. The Hall–Kier alpha value is -0.0800. The third-order valence-corrected chi connectivity index (χ3v) is 4.93. The summed E-state index contributed by atoms with van der Waals surface area (Å²) in [5, 5.41) is 3.74. The van der Waals surface area contributed by atoms with Gasteiger partial charge in [0.1, 0.15) is 0 Å². The van der Waals surface area contributed by atoms with E-state index in [-0.39, 0.29) is 0 Å². The molecule has 0 bridgehead atoms. The predicted molar refractivity (Wildman–Crippen MR) is 78.7 cm³/mol. The van der Waals surface area contributed by atoms with Crippen LogP contribution in [0.2, 0.25) is 0 Å². The second kappa shape index (κ2) is 6.38. The lowest BCUT2D eigenvalue weighted by atomic mass is 9.72. The van der Waals surface area contributed by atoms with Crippen LogP contribution in [0.3, 0.4) is 0 Å². The van der Waals surface area contributed by atoms with E-state index < -0.39 is 0 Å². The van der Waals surface area contributed by atoms with Gasteiger partial charge in [-0.15, -0.1) is 0 Å². The zero-order chi connectivity index (χ0) is 13.1. The van der Waals surface area contributed by atoms with E-state index >= 15 is 0 Å². The fraction of sp³-hybridized carbons (Fsp3) is 1.00. The summed E-state index contributed by atoms with van der Waals surface area (Å²) < 4.78 is 0. The molecule has 4 atom stereocenters. The van der Waals surface area contributed by atoms with Gasteiger partial charge in [0, 0.05) is 19.1 Å². The van der Waals surface area contributed by atoms with Crippen molar-refractivity contribution in [1.82, 2.24) is 10.2 Å². The first-order valence-corrected chi connectivity index (χ1v) is 8.02. The quantitative estimate of drug-likeness (QED) is 0.782. The highest BCUT2D eigenvalue weighted by Crippen LogP contribution is 2.35. The van der Waals surface area contributed by atoms with Crippen LogP contribution in [0, 0.1) is 23.7 Å². The van der Waals surface area contributed by atoms with Gasteiger partial charge in [0.2, 0.25) is 0 Å². The fourth-order valence-corrected chi connectivity index (χ4v) is 3.89. The van der Waals surface area contributed by atoms with Crippen LogP contribution in [-0.4, -0.2) is 37.6 Å². The molecular formula is C16H32N2. The highest BCUT2D eigenvalue weighted by Gasteiger charge is 2.34. The van der Waals surface area contributed by atoms with Gasteiger partial charge < -0.3 is 10.2 Å². The monoisotopic (exact) mass is 252 g/mol. The van der Waals surface area contributed by atoms with Crippen LogP contribution in [0.1, 0.15) is 46.5 Å². The Labute approximate surface area is 114 Å². The third-order valence-electron chi connectivity index (χ3n) is 4.93. The smallest absolute Gasteiger partial charge is 0.0112 e. The summed E-state index contributed by atoms with van der Waals surface area (Å²) in [5.41, 5.74) is 0. The first-order chi connectivity index (χ1) is 8.60. The molecule has 4 unspecified atom stereocenters. The molecule has 106 valence electrons. The molecule has 0 amide bonds. The highest BCUT2D eigenvalue weighted by molar-refractivity contribution is 4.89. The average molecular weight is 252 g/mol. The molecule has 2 saturated carbocycles. The average Bonchev–Trinajstić information content (AvgIpc) is 3.07. The molecule has 0 aromatic heterocycles. The standard InChI is InChI=1S/C16H32N2/c1-5-17-16-9-12(2)8-13(3)15(16)11-18(4)10-14-6-7-14/h12-17H,5-11H2,1-4H3. The molecule has 0 aliphatic heterocycles. The molecule has 2 rings (SSSR count). The molecule has 2 nitrogen and oxygen atoms in total. The largest absolute Gasteiger partial charge is 0.314 e. The number of nitrogens with one attached hydrogen (secondary N) is 1. The van der Waals surface area contributed by atoms with E-state index in [1.165, 1.54) is 38.8 Å². The highest BCUT2D eigenvalue weighted by atomic mass is 15.1. The lowest BCUT2D eigenvalue weighted by Crippen LogP contribution is -2.48. The maximum Gasteiger partial charge on any atom is 0.0112 e. The summed E-state index contributed by atoms with van der Waals surface area (Å²) in [4.78, 5) is 2.60. The van der Waals surface area contributed by atoms with Crippen LogP contribution in [0.15, 0.2) is 0 Å². The topological polar surface area (TPSA) is 15.3 Å². The van der Waals surface area contributed by atoms with Gasteiger partial charge in [-0.3, -0.25) is 0 Å². The maximum atomic E-state index is 3.74. The van der Waals surface area contributed by atoms with Gasteiger partial charge in [-0.25, -0.2) is 0 Å².